The highest BCUT2D eigenvalue weighted by Gasteiger charge is 2.27. The Morgan fingerprint density at radius 3 is 2.84 bits per heavy atom. The summed E-state index contributed by atoms with van der Waals surface area (Å²) in [6.07, 6.45) is 1.49. The molecule has 2 aromatic carbocycles. The van der Waals surface area contributed by atoms with Crippen LogP contribution >= 0.6 is 0 Å². The lowest BCUT2D eigenvalue weighted by molar-refractivity contribution is -0.384. The molecule has 0 fully saturated rings. The fraction of sp³-hybridized carbons (Fsp3) is 0.105. The molecule has 126 valence electrons. The van der Waals surface area contributed by atoms with Crippen LogP contribution in [0.1, 0.15) is 22.8 Å². The number of carbonyl (C=O) groups excluding carboxylic acids is 1. The zero-order chi connectivity index (χ0) is 18.0. The molecule has 0 atom stereocenters. The summed E-state index contributed by atoms with van der Waals surface area (Å²) < 4.78 is 11.1. The van der Waals surface area contributed by atoms with Crippen LogP contribution in [0.25, 0.3) is 6.08 Å². The lowest BCUT2D eigenvalue weighted by Crippen LogP contribution is -1.98. The van der Waals surface area contributed by atoms with Crippen LogP contribution in [0.4, 0.5) is 5.69 Å². The summed E-state index contributed by atoms with van der Waals surface area (Å²) in [5.74, 6) is 0.826. The third-order valence-electron chi connectivity index (χ3n) is 3.51. The molecule has 0 amide bonds. The number of Topliss-reactive ketones (excluding diaryl/α,β-unsaturated/α-hetero) is 1. The molecule has 0 spiro atoms. The normalized spacial score (nSPS) is 14.1. The molecular weight excluding hydrogens is 322 g/mol. The van der Waals surface area contributed by atoms with E-state index in [1.807, 2.05) is 6.92 Å². The number of fused-ring (bicyclic) bond motifs is 1. The standard InChI is InChI=1S/C19H15NO5/c1-12(2)11-24-15-6-7-16-17(10-15)25-18(19(16)21)9-13-4-3-5-14(8-13)20(22)23/h3-10H,1,11H2,2H3/b18-9-. The maximum absolute atomic E-state index is 12.4. The van der Waals surface area contributed by atoms with E-state index in [0.717, 1.165) is 5.57 Å². The summed E-state index contributed by atoms with van der Waals surface area (Å²) in [5, 5.41) is 10.8. The lowest BCUT2D eigenvalue weighted by Gasteiger charge is -2.06. The molecule has 25 heavy (non-hydrogen) atoms. The van der Waals surface area contributed by atoms with Gasteiger partial charge in [-0.2, -0.15) is 0 Å². The Morgan fingerprint density at radius 1 is 1.32 bits per heavy atom. The number of ether oxygens (including phenoxy) is 2. The minimum Gasteiger partial charge on any atom is -0.489 e. The number of carbonyl (C=O) groups is 1. The van der Waals surface area contributed by atoms with E-state index < -0.39 is 4.92 Å². The highest BCUT2D eigenvalue weighted by Crippen LogP contribution is 2.35. The molecule has 0 radical (unpaired) electrons. The smallest absolute Gasteiger partial charge is 0.270 e. The van der Waals surface area contributed by atoms with Gasteiger partial charge in [-0.25, -0.2) is 0 Å². The average Bonchev–Trinajstić information content (AvgIpc) is 2.88. The molecule has 0 aromatic heterocycles. The van der Waals surface area contributed by atoms with Crippen molar-refractivity contribution in [2.24, 2.45) is 0 Å². The van der Waals surface area contributed by atoms with E-state index in [9.17, 15) is 14.9 Å². The van der Waals surface area contributed by atoms with Gasteiger partial charge in [0, 0.05) is 18.2 Å². The van der Waals surface area contributed by atoms with E-state index in [2.05, 4.69) is 6.58 Å². The van der Waals surface area contributed by atoms with Gasteiger partial charge in [-0.3, -0.25) is 14.9 Å². The summed E-state index contributed by atoms with van der Waals surface area (Å²) in [4.78, 5) is 22.8. The molecule has 6 nitrogen and oxygen atoms in total. The molecule has 6 heteroatoms. The quantitative estimate of drug-likeness (QED) is 0.354. The van der Waals surface area contributed by atoms with Crippen molar-refractivity contribution in [2.75, 3.05) is 6.61 Å². The van der Waals surface area contributed by atoms with Crippen LogP contribution in [0.15, 0.2) is 60.4 Å². The van der Waals surface area contributed by atoms with Gasteiger partial charge in [-0.15, -0.1) is 0 Å². The van der Waals surface area contributed by atoms with Crippen LogP contribution in [0.5, 0.6) is 11.5 Å². The molecule has 1 aliphatic heterocycles. The maximum atomic E-state index is 12.4. The summed E-state index contributed by atoms with van der Waals surface area (Å²) >= 11 is 0. The lowest BCUT2D eigenvalue weighted by atomic mass is 10.1. The number of hydrogen-bond donors (Lipinski definition) is 0. The highest BCUT2D eigenvalue weighted by atomic mass is 16.6. The largest absolute Gasteiger partial charge is 0.489 e. The van der Waals surface area contributed by atoms with Crippen molar-refractivity contribution in [2.45, 2.75) is 6.92 Å². The van der Waals surface area contributed by atoms with Gasteiger partial charge in [0.2, 0.25) is 5.78 Å². The zero-order valence-corrected chi connectivity index (χ0v) is 13.5. The van der Waals surface area contributed by atoms with Crippen molar-refractivity contribution in [3.63, 3.8) is 0 Å². The molecule has 3 rings (SSSR count). The molecule has 2 aromatic rings. The van der Waals surface area contributed by atoms with Crippen LogP contribution in [0.2, 0.25) is 0 Å². The summed E-state index contributed by atoms with van der Waals surface area (Å²) in [6, 6.07) is 11.0. The molecule has 0 aliphatic carbocycles. The Hall–Kier alpha value is -3.41. The van der Waals surface area contributed by atoms with Crippen molar-refractivity contribution >= 4 is 17.5 Å². The first-order valence-electron chi connectivity index (χ1n) is 7.54. The summed E-state index contributed by atoms with van der Waals surface area (Å²) in [6.45, 7) is 6.00. The number of rotatable bonds is 5. The van der Waals surface area contributed by atoms with Crippen LogP contribution < -0.4 is 9.47 Å². The van der Waals surface area contributed by atoms with Gasteiger partial charge in [0.1, 0.15) is 18.1 Å². The van der Waals surface area contributed by atoms with Crippen molar-refractivity contribution in [3.8, 4) is 11.5 Å². The first-order valence-corrected chi connectivity index (χ1v) is 7.54. The van der Waals surface area contributed by atoms with Gasteiger partial charge in [0.25, 0.3) is 5.69 Å². The van der Waals surface area contributed by atoms with E-state index in [1.165, 1.54) is 18.2 Å². The predicted molar refractivity (Wildman–Crippen MR) is 92.8 cm³/mol. The number of ketones is 1. The molecule has 1 heterocycles. The van der Waals surface area contributed by atoms with Crippen LogP contribution in [0.3, 0.4) is 0 Å². The Bertz CT molecular complexity index is 914. The second-order valence-electron chi connectivity index (χ2n) is 5.70. The highest BCUT2D eigenvalue weighted by molar-refractivity contribution is 6.14. The second kappa shape index (κ2) is 6.60. The number of nitro benzene ring substituents is 1. The Kier molecular flexibility index (Phi) is 4.35. The Labute approximate surface area is 144 Å². The number of nitrogens with zero attached hydrogens (tertiary/aromatic N) is 1. The first kappa shape index (κ1) is 16.4. The molecule has 0 N–H and O–H groups in total. The molecule has 0 unspecified atom stereocenters. The predicted octanol–water partition coefficient (Wildman–Crippen LogP) is 4.17. The monoisotopic (exact) mass is 337 g/mol. The molecule has 0 bridgehead atoms. The molecule has 1 aliphatic rings. The van der Waals surface area contributed by atoms with Gasteiger partial charge < -0.3 is 9.47 Å². The van der Waals surface area contributed by atoms with Gasteiger partial charge in [0.05, 0.1) is 10.5 Å². The topological polar surface area (TPSA) is 78.7 Å². The molecular formula is C19H15NO5. The van der Waals surface area contributed by atoms with Crippen molar-refractivity contribution in [1.29, 1.82) is 0 Å². The third kappa shape index (κ3) is 3.58. The molecule has 0 saturated carbocycles. The minimum absolute atomic E-state index is 0.0483. The number of benzene rings is 2. The Morgan fingerprint density at radius 2 is 2.12 bits per heavy atom. The number of hydrogen-bond acceptors (Lipinski definition) is 5. The van der Waals surface area contributed by atoms with Crippen molar-refractivity contribution in [1.82, 2.24) is 0 Å². The molecule has 0 saturated heterocycles. The van der Waals surface area contributed by atoms with Crippen molar-refractivity contribution in [3.05, 3.63) is 81.6 Å². The van der Waals surface area contributed by atoms with Crippen LogP contribution in [0, 0.1) is 10.1 Å². The zero-order valence-electron chi connectivity index (χ0n) is 13.5. The Balaban J connectivity index is 1.85. The van der Waals surface area contributed by atoms with E-state index in [0.29, 0.717) is 29.2 Å². The van der Waals surface area contributed by atoms with Gasteiger partial charge in [-0.05, 0) is 36.3 Å². The van der Waals surface area contributed by atoms with Gasteiger partial charge in [-0.1, -0.05) is 18.7 Å². The fourth-order valence-corrected chi connectivity index (χ4v) is 2.34. The van der Waals surface area contributed by atoms with E-state index >= 15 is 0 Å². The number of nitro groups is 1. The number of allylic oxidation sites excluding steroid dienone is 1. The second-order valence-corrected chi connectivity index (χ2v) is 5.70. The fourth-order valence-electron chi connectivity index (χ4n) is 2.34. The van der Waals surface area contributed by atoms with Crippen molar-refractivity contribution < 1.29 is 19.2 Å². The van der Waals surface area contributed by atoms with E-state index in [-0.39, 0.29) is 17.2 Å². The van der Waals surface area contributed by atoms with E-state index in [4.69, 9.17) is 9.47 Å². The van der Waals surface area contributed by atoms with E-state index in [1.54, 1.807) is 30.3 Å². The maximum Gasteiger partial charge on any atom is 0.270 e. The summed E-state index contributed by atoms with van der Waals surface area (Å²) in [5.41, 5.74) is 1.78. The third-order valence-corrected chi connectivity index (χ3v) is 3.51. The van der Waals surface area contributed by atoms with Crippen LogP contribution in [-0.4, -0.2) is 17.3 Å². The van der Waals surface area contributed by atoms with Gasteiger partial charge in [0.15, 0.2) is 5.76 Å². The number of non-ortho nitro benzene ring substituents is 1. The summed E-state index contributed by atoms with van der Waals surface area (Å²) in [7, 11) is 0. The SMILES string of the molecule is C=C(C)COc1ccc2c(c1)O/C(=C\c1cccc([N+](=O)[O-])c1)C2=O. The first-order chi connectivity index (χ1) is 11.9. The minimum atomic E-state index is -0.487. The van der Waals surface area contributed by atoms with Crippen LogP contribution in [-0.2, 0) is 0 Å². The average molecular weight is 337 g/mol. The van der Waals surface area contributed by atoms with Gasteiger partial charge >= 0.3 is 0 Å².